The minimum Gasteiger partial charge on any atom is -0.335 e. The highest BCUT2D eigenvalue weighted by Gasteiger charge is 2.16. The SMILES string of the molecule is CC(C)c1ccc(NC(=O)c2cc3sccc3n2CCc2ccccc2)cc1. The van der Waals surface area contributed by atoms with E-state index in [0.29, 0.717) is 11.6 Å². The Morgan fingerprint density at radius 3 is 2.50 bits per heavy atom. The van der Waals surface area contributed by atoms with Crippen LogP contribution >= 0.6 is 11.3 Å². The van der Waals surface area contributed by atoms with Crippen LogP contribution in [0.4, 0.5) is 5.69 Å². The van der Waals surface area contributed by atoms with Gasteiger partial charge in [0.05, 0.1) is 10.2 Å². The lowest BCUT2D eigenvalue weighted by Crippen LogP contribution is -2.17. The minimum atomic E-state index is -0.0613. The van der Waals surface area contributed by atoms with Gasteiger partial charge in [0.1, 0.15) is 5.69 Å². The van der Waals surface area contributed by atoms with Gasteiger partial charge in [-0.2, -0.15) is 0 Å². The number of rotatable bonds is 6. The molecule has 0 saturated heterocycles. The summed E-state index contributed by atoms with van der Waals surface area (Å²) in [6.07, 6.45) is 0.893. The van der Waals surface area contributed by atoms with Crippen molar-refractivity contribution in [2.75, 3.05) is 5.32 Å². The molecule has 4 rings (SSSR count). The van der Waals surface area contributed by atoms with E-state index in [1.54, 1.807) is 11.3 Å². The molecular formula is C24H24N2OS. The maximum Gasteiger partial charge on any atom is 0.272 e. The van der Waals surface area contributed by atoms with Gasteiger partial charge in [-0.1, -0.05) is 56.3 Å². The first-order valence-electron chi connectivity index (χ1n) is 9.64. The third kappa shape index (κ3) is 3.87. The van der Waals surface area contributed by atoms with E-state index in [1.165, 1.54) is 11.1 Å². The van der Waals surface area contributed by atoms with Crippen LogP contribution in [0, 0.1) is 0 Å². The zero-order chi connectivity index (χ0) is 19.5. The normalized spacial score (nSPS) is 11.2. The van der Waals surface area contributed by atoms with Gasteiger partial charge in [0.2, 0.25) is 0 Å². The van der Waals surface area contributed by atoms with Crippen molar-refractivity contribution in [3.05, 3.63) is 88.9 Å². The van der Waals surface area contributed by atoms with Crippen molar-refractivity contribution in [1.82, 2.24) is 4.57 Å². The van der Waals surface area contributed by atoms with Gasteiger partial charge in [0.25, 0.3) is 5.91 Å². The van der Waals surface area contributed by atoms with Crippen LogP contribution in [0.5, 0.6) is 0 Å². The van der Waals surface area contributed by atoms with Crippen molar-refractivity contribution in [3.8, 4) is 0 Å². The number of nitrogens with one attached hydrogen (secondary N) is 1. The minimum absolute atomic E-state index is 0.0613. The Balaban J connectivity index is 1.57. The summed E-state index contributed by atoms with van der Waals surface area (Å²) in [5.74, 6) is 0.417. The van der Waals surface area contributed by atoms with Crippen molar-refractivity contribution in [3.63, 3.8) is 0 Å². The quantitative estimate of drug-likeness (QED) is 0.412. The molecule has 28 heavy (non-hydrogen) atoms. The topological polar surface area (TPSA) is 34.0 Å². The third-order valence-electron chi connectivity index (χ3n) is 5.06. The second-order valence-electron chi connectivity index (χ2n) is 7.32. The fourth-order valence-electron chi connectivity index (χ4n) is 3.44. The van der Waals surface area contributed by atoms with Gasteiger partial charge in [-0.25, -0.2) is 0 Å². The summed E-state index contributed by atoms with van der Waals surface area (Å²) in [6.45, 7) is 5.11. The van der Waals surface area contributed by atoms with Crippen LogP contribution < -0.4 is 5.32 Å². The van der Waals surface area contributed by atoms with Gasteiger partial charge in [0.15, 0.2) is 0 Å². The van der Waals surface area contributed by atoms with Crippen LogP contribution in [0.2, 0.25) is 0 Å². The average Bonchev–Trinajstić information content (AvgIpc) is 3.29. The summed E-state index contributed by atoms with van der Waals surface area (Å²) in [5.41, 5.74) is 5.21. The van der Waals surface area contributed by atoms with E-state index in [9.17, 15) is 4.79 Å². The summed E-state index contributed by atoms with van der Waals surface area (Å²) in [5, 5.41) is 5.14. The number of aryl methyl sites for hydroxylation is 2. The van der Waals surface area contributed by atoms with Gasteiger partial charge in [-0.15, -0.1) is 11.3 Å². The van der Waals surface area contributed by atoms with Gasteiger partial charge >= 0.3 is 0 Å². The van der Waals surface area contributed by atoms with Crippen LogP contribution in [0.1, 0.15) is 41.4 Å². The van der Waals surface area contributed by atoms with E-state index in [-0.39, 0.29) is 5.91 Å². The molecule has 4 aromatic rings. The second-order valence-corrected chi connectivity index (χ2v) is 8.27. The number of amides is 1. The molecule has 0 aliphatic heterocycles. The molecule has 0 aliphatic rings. The number of carbonyl (C=O) groups excluding carboxylic acids is 1. The van der Waals surface area contributed by atoms with Crippen molar-refractivity contribution >= 4 is 33.1 Å². The van der Waals surface area contributed by atoms with E-state index in [2.05, 4.69) is 71.6 Å². The Morgan fingerprint density at radius 1 is 1.04 bits per heavy atom. The number of aromatic nitrogens is 1. The predicted molar refractivity (Wildman–Crippen MR) is 118 cm³/mol. The van der Waals surface area contributed by atoms with Gasteiger partial charge in [0, 0.05) is 12.2 Å². The lowest BCUT2D eigenvalue weighted by atomic mass is 10.0. The van der Waals surface area contributed by atoms with Gasteiger partial charge in [-0.3, -0.25) is 4.79 Å². The Kier molecular flexibility index (Phi) is 5.31. The maximum absolute atomic E-state index is 13.0. The van der Waals surface area contributed by atoms with Crippen LogP contribution in [0.3, 0.4) is 0 Å². The Hall–Kier alpha value is -2.85. The Morgan fingerprint density at radius 2 is 1.79 bits per heavy atom. The summed E-state index contributed by atoms with van der Waals surface area (Å²) in [4.78, 5) is 13.0. The number of hydrogen-bond acceptors (Lipinski definition) is 2. The first-order chi connectivity index (χ1) is 13.6. The first-order valence-corrected chi connectivity index (χ1v) is 10.5. The molecule has 4 heteroatoms. The molecule has 1 amide bonds. The number of nitrogens with zero attached hydrogens (tertiary/aromatic N) is 1. The van der Waals surface area contributed by atoms with E-state index in [4.69, 9.17) is 0 Å². The van der Waals surface area contributed by atoms with E-state index < -0.39 is 0 Å². The number of fused-ring (bicyclic) bond motifs is 1. The average molecular weight is 389 g/mol. The molecule has 0 fully saturated rings. The zero-order valence-electron chi connectivity index (χ0n) is 16.2. The zero-order valence-corrected chi connectivity index (χ0v) is 17.0. The van der Waals surface area contributed by atoms with Crippen molar-refractivity contribution in [2.45, 2.75) is 32.7 Å². The molecule has 0 saturated carbocycles. The molecule has 0 aliphatic carbocycles. The highest BCUT2D eigenvalue weighted by Crippen LogP contribution is 2.26. The summed E-state index contributed by atoms with van der Waals surface area (Å²) >= 11 is 1.67. The molecule has 0 atom stereocenters. The second kappa shape index (κ2) is 8.03. The number of thiophene rings is 1. The van der Waals surface area contributed by atoms with E-state index in [0.717, 1.165) is 28.9 Å². The molecule has 0 unspecified atom stereocenters. The smallest absolute Gasteiger partial charge is 0.272 e. The van der Waals surface area contributed by atoms with Gasteiger partial charge in [-0.05, 0) is 53.1 Å². The number of carbonyl (C=O) groups is 1. The standard InChI is InChI=1S/C24H24N2OS/c1-17(2)19-8-10-20(11-9-19)25-24(27)22-16-23-21(13-15-28-23)26(22)14-12-18-6-4-3-5-7-18/h3-11,13,15-17H,12,14H2,1-2H3,(H,25,27). The van der Waals surface area contributed by atoms with Crippen LogP contribution in [-0.2, 0) is 13.0 Å². The number of anilines is 1. The van der Waals surface area contributed by atoms with Crippen LogP contribution in [0.25, 0.3) is 10.2 Å². The number of benzene rings is 2. The lowest BCUT2D eigenvalue weighted by molar-refractivity contribution is 0.101. The summed E-state index contributed by atoms with van der Waals surface area (Å²) < 4.78 is 3.28. The van der Waals surface area contributed by atoms with Crippen molar-refractivity contribution in [1.29, 1.82) is 0 Å². The summed E-state index contributed by atoms with van der Waals surface area (Å²) in [6, 6.07) is 22.6. The fraction of sp³-hybridized carbons (Fsp3) is 0.208. The maximum atomic E-state index is 13.0. The molecule has 142 valence electrons. The lowest BCUT2D eigenvalue weighted by Gasteiger charge is -2.12. The highest BCUT2D eigenvalue weighted by atomic mass is 32.1. The van der Waals surface area contributed by atoms with E-state index in [1.807, 2.05) is 24.3 Å². The molecule has 0 bridgehead atoms. The van der Waals surface area contributed by atoms with Gasteiger partial charge < -0.3 is 9.88 Å². The molecule has 2 aromatic heterocycles. The first kappa shape index (κ1) is 18.5. The molecule has 0 spiro atoms. The monoisotopic (exact) mass is 388 g/mol. The molecule has 2 aromatic carbocycles. The fourth-order valence-corrected chi connectivity index (χ4v) is 4.26. The molecular weight excluding hydrogens is 364 g/mol. The third-order valence-corrected chi connectivity index (χ3v) is 5.91. The Bertz CT molecular complexity index is 1070. The molecule has 3 nitrogen and oxygen atoms in total. The highest BCUT2D eigenvalue weighted by molar-refractivity contribution is 7.17. The predicted octanol–water partition coefficient (Wildman–Crippen LogP) is 6.32. The molecule has 0 radical (unpaired) electrons. The summed E-state index contributed by atoms with van der Waals surface area (Å²) in [7, 11) is 0. The molecule has 2 heterocycles. The van der Waals surface area contributed by atoms with Crippen molar-refractivity contribution in [2.24, 2.45) is 0 Å². The Labute approximate surface area is 169 Å². The van der Waals surface area contributed by atoms with Crippen LogP contribution in [0.15, 0.2) is 72.1 Å². The van der Waals surface area contributed by atoms with Crippen LogP contribution in [-0.4, -0.2) is 10.5 Å². The van der Waals surface area contributed by atoms with Crippen molar-refractivity contribution < 1.29 is 4.79 Å². The molecule has 1 N–H and O–H groups in total. The number of hydrogen-bond donors (Lipinski definition) is 1. The largest absolute Gasteiger partial charge is 0.335 e. The van der Waals surface area contributed by atoms with E-state index >= 15 is 0 Å².